The smallest absolute Gasteiger partial charge is 0.268 e. The molecule has 0 radical (unpaired) electrons. The number of amides is 1. The summed E-state index contributed by atoms with van der Waals surface area (Å²) in [6, 6.07) is 1.63. The van der Waals surface area contributed by atoms with Crippen molar-refractivity contribution in [2.45, 2.75) is 19.6 Å². The van der Waals surface area contributed by atoms with E-state index in [9.17, 15) is 4.79 Å². The second-order valence-corrected chi connectivity index (χ2v) is 4.48. The Hall–Kier alpha value is -2.12. The molecule has 0 atom stereocenters. The van der Waals surface area contributed by atoms with Gasteiger partial charge in [-0.3, -0.25) is 15.1 Å². The number of carbonyl (C=O) groups excluding carboxylic acids is 1. The number of nitrogens with zero attached hydrogens (tertiary/aromatic N) is 3. The van der Waals surface area contributed by atoms with Crippen molar-refractivity contribution >= 4 is 5.91 Å². The second kappa shape index (κ2) is 4.87. The normalized spacial score (nSPS) is 15.2. The molecule has 0 saturated heterocycles. The lowest BCUT2D eigenvalue weighted by Gasteiger charge is -2.26. The standard InChI is InChI=1S/C12H15N5O2/c13-15-12(18)9-1-6-19-10(9)7-16-4-5-17-3-2-14-11(17)8-16/h1-3,6H,4-5,7-8,13H2,(H,15,18). The van der Waals surface area contributed by atoms with Gasteiger partial charge >= 0.3 is 0 Å². The number of rotatable bonds is 3. The third kappa shape index (κ3) is 2.25. The highest BCUT2D eigenvalue weighted by atomic mass is 16.3. The van der Waals surface area contributed by atoms with Gasteiger partial charge in [0.15, 0.2) is 0 Å². The first-order valence-corrected chi connectivity index (χ1v) is 6.07. The molecule has 100 valence electrons. The predicted octanol–water partition coefficient (Wildman–Crippen LogP) is 0.0954. The number of carbonyl (C=O) groups is 1. The maximum absolute atomic E-state index is 11.6. The fourth-order valence-electron chi connectivity index (χ4n) is 2.30. The van der Waals surface area contributed by atoms with Crippen LogP contribution in [0.4, 0.5) is 0 Å². The number of aromatic nitrogens is 2. The Kier molecular flexibility index (Phi) is 3.06. The molecule has 7 nitrogen and oxygen atoms in total. The summed E-state index contributed by atoms with van der Waals surface area (Å²) in [6.07, 6.45) is 5.29. The number of nitrogens with one attached hydrogen (secondary N) is 1. The van der Waals surface area contributed by atoms with Gasteiger partial charge in [0, 0.05) is 25.5 Å². The van der Waals surface area contributed by atoms with E-state index < -0.39 is 0 Å². The summed E-state index contributed by atoms with van der Waals surface area (Å²) in [5, 5.41) is 0. The first kappa shape index (κ1) is 11.9. The summed E-state index contributed by atoms with van der Waals surface area (Å²) in [4.78, 5) is 18.1. The van der Waals surface area contributed by atoms with Crippen LogP contribution in [0.15, 0.2) is 29.1 Å². The Balaban J connectivity index is 1.73. The molecule has 2 aromatic rings. The van der Waals surface area contributed by atoms with Crippen molar-refractivity contribution in [2.24, 2.45) is 5.84 Å². The van der Waals surface area contributed by atoms with Crippen molar-refractivity contribution < 1.29 is 9.21 Å². The molecule has 0 unspecified atom stereocenters. The molecule has 7 heteroatoms. The fourth-order valence-corrected chi connectivity index (χ4v) is 2.30. The number of hydrogen-bond donors (Lipinski definition) is 2. The maximum Gasteiger partial charge on any atom is 0.268 e. The molecule has 19 heavy (non-hydrogen) atoms. The van der Waals surface area contributed by atoms with Crippen molar-refractivity contribution in [3.05, 3.63) is 41.9 Å². The van der Waals surface area contributed by atoms with Gasteiger partial charge < -0.3 is 8.98 Å². The lowest BCUT2D eigenvalue weighted by atomic mass is 10.2. The summed E-state index contributed by atoms with van der Waals surface area (Å²) in [6.45, 7) is 3.11. The Labute approximate surface area is 110 Å². The molecule has 0 aliphatic carbocycles. The highest BCUT2D eigenvalue weighted by Crippen LogP contribution is 2.17. The van der Waals surface area contributed by atoms with E-state index in [0.29, 0.717) is 17.9 Å². The van der Waals surface area contributed by atoms with Gasteiger partial charge in [-0.05, 0) is 6.07 Å². The Bertz CT molecular complexity index is 588. The van der Waals surface area contributed by atoms with Crippen LogP contribution >= 0.6 is 0 Å². The number of furan rings is 1. The molecular weight excluding hydrogens is 246 g/mol. The second-order valence-electron chi connectivity index (χ2n) is 4.48. The monoisotopic (exact) mass is 261 g/mol. The lowest BCUT2D eigenvalue weighted by Crippen LogP contribution is -2.34. The van der Waals surface area contributed by atoms with Gasteiger partial charge in [-0.2, -0.15) is 0 Å². The van der Waals surface area contributed by atoms with Gasteiger partial charge in [0.2, 0.25) is 0 Å². The van der Waals surface area contributed by atoms with Crippen molar-refractivity contribution in [2.75, 3.05) is 6.54 Å². The van der Waals surface area contributed by atoms with Gasteiger partial charge in [0.05, 0.1) is 24.9 Å². The van der Waals surface area contributed by atoms with Gasteiger partial charge in [-0.15, -0.1) is 0 Å². The van der Waals surface area contributed by atoms with Crippen LogP contribution in [0.1, 0.15) is 21.9 Å². The van der Waals surface area contributed by atoms with E-state index >= 15 is 0 Å². The van der Waals surface area contributed by atoms with E-state index in [1.54, 1.807) is 12.3 Å². The van der Waals surface area contributed by atoms with Crippen molar-refractivity contribution in [3.8, 4) is 0 Å². The third-order valence-electron chi connectivity index (χ3n) is 3.31. The van der Waals surface area contributed by atoms with E-state index in [1.807, 2.05) is 6.20 Å². The molecule has 2 aromatic heterocycles. The first-order valence-electron chi connectivity index (χ1n) is 6.07. The van der Waals surface area contributed by atoms with Crippen molar-refractivity contribution in [1.82, 2.24) is 19.9 Å². The third-order valence-corrected chi connectivity index (χ3v) is 3.31. The van der Waals surface area contributed by atoms with E-state index in [4.69, 9.17) is 10.3 Å². The average Bonchev–Trinajstić information content (AvgIpc) is 3.06. The van der Waals surface area contributed by atoms with Gasteiger partial charge in [-0.1, -0.05) is 0 Å². The molecule has 0 bridgehead atoms. The van der Waals surface area contributed by atoms with Crippen molar-refractivity contribution in [3.63, 3.8) is 0 Å². The van der Waals surface area contributed by atoms with Crippen LogP contribution in [0.3, 0.4) is 0 Å². The van der Waals surface area contributed by atoms with Crippen LogP contribution in [0, 0.1) is 0 Å². The fraction of sp³-hybridized carbons (Fsp3) is 0.333. The molecule has 0 aromatic carbocycles. The quantitative estimate of drug-likeness (QED) is 0.464. The lowest BCUT2D eigenvalue weighted by molar-refractivity contribution is 0.0949. The molecule has 1 aliphatic rings. The molecule has 1 amide bonds. The number of nitrogens with two attached hydrogens (primary N) is 1. The zero-order valence-corrected chi connectivity index (χ0v) is 10.4. The number of fused-ring (bicyclic) bond motifs is 1. The van der Waals surface area contributed by atoms with E-state index in [-0.39, 0.29) is 5.91 Å². The molecule has 3 N–H and O–H groups in total. The van der Waals surface area contributed by atoms with Gasteiger partial charge in [0.1, 0.15) is 11.6 Å². The Morgan fingerprint density at radius 2 is 2.42 bits per heavy atom. The first-order chi connectivity index (χ1) is 9.28. The van der Waals surface area contributed by atoms with Crippen LogP contribution in [0.2, 0.25) is 0 Å². The summed E-state index contributed by atoms with van der Waals surface area (Å²) in [5.74, 6) is 6.47. The molecule has 0 saturated carbocycles. The number of hydrazine groups is 1. The summed E-state index contributed by atoms with van der Waals surface area (Å²) < 4.78 is 7.51. The Morgan fingerprint density at radius 1 is 1.53 bits per heavy atom. The van der Waals surface area contributed by atoms with Crippen LogP contribution in [0.25, 0.3) is 0 Å². The van der Waals surface area contributed by atoms with E-state index in [1.165, 1.54) is 6.26 Å². The van der Waals surface area contributed by atoms with Gasteiger partial charge in [0.25, 0.3) is 5.91 Å². The summed E-state index contributed by atoms with van der Waals surface area (Å²) in [7, 11) is 0. The Morgan fingerprint density at radius 3 is 3.26 bits per heavy atom. The minimum absolute atomic E-state index is 0.331. The van der Waals surface area contributed by atoms with Crippen LogP contribution in [-0.2, 0) is 19.6 Å². The zero-order chi connectivity index (χ0) is 13.2. The van der Waals surface area contributed by atoms with Crippen LogP contribution < -0.4 is 11.3 Å². The largest absolute Gasteiger partial charge is 0.467 e. The summed E-state index contributed by atoms with van der Waals surface area (Å²) in [5.41, 5.74) is 2.61. The molecule has 3 rings (SSSR count). The molecular formula is C12H15N5O2. The zero-order valence-electron chi connectivity index (χ0n) is 10.4. The van der Waals surface area contributed by atoms with Crippen molar-refractivity contribution in [1.29, 1.82) is 0 Å². The SMILES string of the molecule is NNC(=O)c1ccoc1CN1CCn2ccnc2C1. The highest BCUT2D eigenvalue weighted by molar-refractivity contribution is 5.94. The van der Waals surface area contributed by atoms with E-state index in [0.717, 1.165) is 25.5 Å². The molecule has 1 aliphatic heterocycles. The highest BCUT2D eigenvalue weighted by Gasteiger charge is 2.21. The molecule has 0 fully saturated rings. The summed E-state index contributed by atoms with van der Waals surface area (Å²) >= 11 is 0. The minimum Gasteiger partial charge on any atom is -0.467 e. The predicted molar refractivity (Wildman–Crippen MR) is 66.7 cm³/mol. The van der Waals surface area contributed by atoms with Gasteiger partial charge in [-0.25, -0.2) is 10.8 Å². The minimum atomic E-state index is -0.331. The van der Waals surface area contributed by atoms with E-state index in [2.05, 4.69) is 19.9 Å². The number of nitrogen functional groups attached to an aromatic ring is 1. The number of hydrogen-bond acceptors (Lipinski definition) is 5. The molecule has 0 spiro atoms. The average molecular weight is 261 g/mol. The number of imidazole rings is 1. The maximum atomic E-state index is 11.6. The van der Waals surface area contributed by atoms with Crippen LogP contribution in [0.5, 0.6) is 0 Å². The molecule has 3 heterocycles. The van der Waals surface area contributed by atoms with Crippen LogP contribution in [-0.4, -0.2) is 26.9 Å². The topological polar surface area (TPSA) is 89.3 Å².